The third-order valence-corrected chi connectivity index (χ3v) is 3.99. The topological polar surface area (TPSA) is 70.2 Å². The Kier molecular flexibility index (Phi) is 7.29. The van der Waals surface area contributed by atoms with Gasteiger partial charge in [0.1, 0.15) is 0 Å². The first-order valence-corrected chi connectivity index (χ1v) is 8.94. The summed E-state index contributed by atoms with van der Waals surface area (Å²) >= 11 is 5.20. The molecule has 0 bridgehead atoms. The van der Waals surface area contributed by atoms with Crippen LogP contribution in [0.5, 0.6) is 0 Å². The average molecular weight is 369 g/mol. The molecule has 0 radical (unpaired) electrons. The normalized spacial score (nSPS) is 10.1. The lowest BCUT2D eigenvalue weighted by Crippen LogP contribution is -2.35. The number of aryl methyl sites for hydroxylation is 1. The van der Waals surface area contributed by atoms with Gasteiger partial charge >= 0.3 is 0 Å². The number of anilines is 1. The lowest BCUT2D eigenvalue weighted by molar-refractivity contribution is -0.119. The van der Waals surface area contributed by atoms with Crippen molar-refractivity contribution in [1.82, 2.24) is 10.6 Å². The molecule has 2 rings (SSSR count). The molecule has 0 aliphatic carbocycles. The summed E-state index contributed by atoms with van der Waals surface area (Å²) in [6, 6.07) is 14.7. The predicted octanol–water partition coefficient (Wildman–Crippen LogP) is 3.19. The van der Waals surface area contributed by atoms with Crippen LogP contribution < -0.4 is 16.0 Å². The second-order valence-corrected chi connectivity index (χ2v) is 6.35. The van der Waals surface area contributed by atoms with E-state index in [4.69, 9.17) is 12.2 Å². The first kappa shape index (κ1) is 19.6. The van der Waals surface area contributed by atoms with Gasteiger partial charge in [-0.2, -0.15) is 0 Å². The summed E-state index contributed by atoms with van der Waals surface area (Å²) in [7, 11) is 0. The lowest BCUT2D eigenvalue weighted by atomic mass is 10.1. The van der Waals surface area contributed by atoms with Gasteiger partial charge in [0.05, 0.1) is 6.42 Å². The summed E-state index contributed by atoms with van der Waals surface area (Å²) in [4.78, 5) is 24.2. The molecule has 0 unspecified atom stereocenters. The molecule has 5 nitrogen and oxygen atoms in total. The maximum absolute atomic E-state index is 12.2. The standard InChI is InChI=1S/C20H23N3O2S/c1-3-11-21-19(25)16-9-6-10-17(12-16)22-20(26)23-18(24)13-15-8-5-4-7-14(15)2/h4-10,12H,3,11,13H2,1-2H3,(H,21,25)(H2,22,23,24,26). The van der Waals surface area contributed by atoms with Crippen LogP contribution in [0.25, 0.3) is 0 Å². The van der Waals surface area contributed by atoms with Crippen molar-refractivity contribution in [1.29, 1.82) is 0 Å². The van der Waals surface area contributed by atoms with Crippen molar-refractivity contribution >= 4 is 34.8 Å². The molecule has 26 heavy (non-hydrogen) atoms. The predicted molar refractivity (Wildman–Crippen MR) is 108 cm³/mol. The molecular weight excluding hydrogens is 346 g/mol. The number of carbonyl (C=O) groups is 2. The highest BCUT2D eigenvalue weighted by Gasteiger charge is 2.09. The minimum Gasteiger partial charge on any atom is -0.352 e. The Hall–Kier alpha value is -2.73. The van der Waals surface area contributed by atoms with E-state index in [1.54, 1.807) is 24.3 Å². The maximum Gasteiger partial charge on any atom is 0.251 e. The molecule has 0 aliphatic heterocycles. The van der Waals surface area contributed by atoms with Gasteiger partial charge in [-0.1, -0.05) is 37.3 Å². The first-order chi connectivity index (χ1) is 12.5. The van der Waals surface area contributed by atoms with Gasteiger partial charge < -0.3 is 16.0 Å². The van der Waals surface area contributed by atoms with Gasteiger partial charge in [-0.3, -0.25) is 9.59 Å². The number of carbonyl (C=O) groups excluding carboxylic acids is 2. The van der Waals surface area contributed by atoms with E-state index in [1.165, 1.54) is 0 Å². The summed E-state index contributed by atoms with van der Waals surface area (Å²) in [5.74, 6) is -0.321. The van der Waals surface area contributed by atoms with E-state index in [-0.39, 0.29) is 23.3 Å². The monoisotopic (exact) mass is 369 g/mol. The van der Waals surface area contributed by atoms with Crippen molar-refractivity contribution in [2.75, 3.05) is 11.9 Å². The fraction of sp³-hybridized carbons (Fsp3) is 0.250. The second kappa shape index (κ2) is 9.68. The van der Waals surface area contributed by atoms with E-state index >= 15 is 0 Å². The van der Waals surface area contributed by atoms with Gasteiger partial charge in [-0.05, 0) is 54.9 Å². The highest BCUT2D eigenvalue weighted by molar-refractivity contribution is 7.80. The van der Waals surface area contributed by atoms with Crippen LogP contribution in [-0.2, 0) is 11.2 Å². The zero-order valence-electron chi connectivity index (χ0n) is 15.0. The van der Waals surface area contributed by atoms with Gasteiger partial charge in [0.25, 0.3) is 5.91 Å². The number of rotatable bonds is 6. The second-order valence-electron chi connectivity index (χ2n) is 5.94. The summed E-state index contributed by atoms with van der Waals surface area (Å²) < 4.78 is 0. The Morgan fingerprint density at radius 3 is 2.58 bits per heavy atom. The number of benzene rings is 2. The molecule has 3 N–H and O–H groups in total. The zero-order valence-corrected chi connectivity index (χ0v) is 15.8. The summed E-state index contributed by atoms with van der Waals surface area (Å²) in [6.45, 7) is 4.59. The zero-order chi connectivity index (χ0) is 18.9. The highest BCUT2D eigenvalue weighted by atomic mass is 32.1. The third-order valence-electron chi connectivity index (χ3n) is 3.78. The molecule has 2 amide bonds. The Bertz CT molecular complexity index is 805. The lowest BCUT2D eigenvalue weighted by Gasteiger charge is -2.11. The van der Waals surface area contributed by atoms with Crippen LogP contribution in [0.4, 0.5) is 5.69 Å². The van der Waals surface area contributed by atoms with Crippen molar-refractivity contribution in [3.63, 3.8) is 0 Å². The summed E-state index contributed by atoms with van der Waals surface area (Å²) in [5.41, 5.74) is 3.21. The quantitative estimate of drug-likeness (QED) is 0.684. The van der Waals surface area contributed by atoms with Crippen LogP contribution in [0, 0.1) is 6.92 Å². The Morgan fingerprint density at radius 2 is 1.85 bits per heavy atom. The molecule has 0 aliphatic rings. The van der Waals surface area contributed by atoms with Crippen molar-refractivity contribution in [3.8, 4) is 0 Å². The molecule has 2 aromatic rings. The minimum atomic E-state index is -0.186. The maximum atomic E-state index is 12.2. The van der Waals surface area contributed by atoms with Crippen molar-refractivity contribution in [2.24, 2.45) is 0 Å². The minimum absolute atomic E-state index is 0.134. The van der Waals surface area contributed by atoms with Gasteiger partial charge in [-0.15, -0.1) is 0 Å². The van der Waals surface area contributed by atoms with Crippen LogP contribution in [0.15, 0.2) is 48.5 Å². The van der Waals surface area contributed by atoms with Crippen LogP contribution in [-0.4, -0.2) is 23.5 Å². The molecule has 136 valence electrons. The van der Waals surface area contributed by atoms with E-state index in [9.17, 15) is 9.59 Å². The van der Waals surface area contributed by atoms with Crippen LogP contribution in [0.2, 0.25) is 0 Å². The highest BCUT2D eigenvalue weighted by Crippen LogP contribution is 2.11. The number of hydrogen-bond donors (Lipinski definition) is 3. The van der Waals surface area contributed by atoms with Gasteiger partial charge in [0.15, 0.2) is 5.11 Å². The third kappa shape index (κ3) is 5.97. The van der Waals surface area contributed by atoms with Gasteiger partial charge in [-0.25, -0.2) is 0 Å². The SMILES string of the molecule is CCCNC(=O)c1cccc(NC(=S)NC(=O)Cc2ccccc2C)c1. The van der Waals surface area contributed by atoms with Crippen molar-refractivity contribution < 1.29 is 9.59 Å². The van der Waals surface area contributed by atoms with E-state index in [1.807, 2.05) is 38.1 Å². The molecule has 0 atom stereocenters. The van der Waals surface area contributed by atoms with Crippen LogP contribution >= 0.6 is 12.2 Å². The molecule has 6 heteroatoms. The number of hydrogen-bond acceptors (Lipinski definition) is 3. The fourth-order valence-corrected chi connectivity index (χ4v) is 2.63. The average Bonchev–Trinajstić information content (AvgIpc) is 2.61. The van der Waals surface area contributed by atoms with Gasteiger partial charge in [0, 0.05) is 17.8 Å². The van der Waals surface area contributed by atoms with E-state index in [0.29, 0.717) is 17.8 Å². The molecule has 0 spiro atoms. The molecular formula is C20H23N3O2S. The van der Waals surface area contributed by atoms with Crippen molar-refractivity contribution in [3.05, 3.63) is 65.2 Å². The Morgan fingerprint density at radius 1 is 1.08 bits per heavy atom. The van der Waals surface area contributed by atoms with E-state index in [2.05, 4.69) is 16.0 Å². The molecule has 0 fully saturated rings. The Balaban J connectivity index is 1.92. The van der Waals surface area contributed by atoms with Crippen molar-refractivity contribution in [2.45, 2.75) is 26.7 Å². The van der Waals surface area contributed by atoms with Crippen LogP contribution in [0.1, 0.15) is 34.8 Å². The van der Waals surface area contributed by atoms with E-state index in [0.717, 1.165) is 17.5 Å². The molecule has 0 heterocycles. The smallest absolute Gasteiger partial charge is 0.251 e. The summed E-state index contributed by atoms with van der Waals surface area (Å²) in [6.07, 6.45) is 1.13. The van der Waals surface area contributed by atoms with Gasteiger partial charge in [0.2, 0.25) is 5.91 Å². The molecule has 0 saturated carbocycles. The largest absolute Gasteiger partial charge is 0.352 e. The van der Waals surface area contributed by atoms with Crippen LogP contribution in [0.3, 0.4) is 0 Å². The van der Waals surface area contributed by atoms with E-state index < -0.39 is 0 Å². The summed E-state index contributed by atoms with van der Waals surface area (Å²) in [5, 5.41) is 8.64. The number of thiocarbonyl (C=S) groups is 1. The Labute approximate surface area is 159 Å². The first-order valence-electron chi connectivity index (χ1n) is 8.53. The number of amides is 2. The molecule has 2 aromatic carbocycles. The number of nitrogens with one attached hydrogen (secondary N) is 3. The fourth-order valence-electron chi connectivity index (χ4n) is 2.39. The molecule has 0 saturated heterocycles. The molecule has 0 aromatic heterocycles.